The highest BCUT2D eigenvalue weighted by Crippen LogP contribution is 2.33. The summed E-state index contributed by atoms with van der Waals surface area (Å²) in [4.78, 5) is 0. The van der Waals surface area contributed by atoms with Crippen LogP contribution in [-0.4, -0.2) is 19.3 Å². The van der Waals surface area contributed by atoms with E-state index in [1.54, 1.807) is 6.07 Å². The van der Waals surface area contributed by atoms with Crippen molar-refractivity contribution in [2.75, 3.05) is 24.3 Å². The molecule has 0 aliphatic carbocycles. The van der Waals surface area contributed by atoms with E-state index in [4.69, 9.17) is 10.5 Å². The van der Waals surface area contributed by atoms with Crippen LogP contribution in [0.25, 0.3) is 0 Å². The fraction of sp³-hybridized carbons (Fsp3) is 0.500. The third-order valence-corrected chi connectivity index (χ3v) is 3.58. The summed E-state index contributed by atoms with van der Waals surface area (Å²) in [7, 11) is 0. The van der Waals surface area contributed by atoms with E-state index < -0.39 is 5.82 Å². The molecule has 1 atom stereocenters. The van der Waals surface area contributed by atoms with Crippen molar-refractivity contribution in [1.82, 2.24) is 0 Å². The molecule has 1 aliphatic rings. The minimum atomic E-state index is -0.418. The largest absolute Gasteiger partial charge is 0.395 e. The maximum absolute atomic E-state index is 13.5. The summed E-state index contributed by atoms with van der Waals surface area (Å²) in [6.07, 6.45) is 0. The van der Waals surface area contributed by atoms with Crippen LogP contribution in [0, 0.1) is 11.2 Å². The number of nitrogen functional groups attached to an aromatic ring is 1. The topological polar surface area (TPSA) is 47.3 Å². The first-order chi connectivity index (χ1) is 7.90. The van der Waals surface area contributed by atoms with Gasteiger partial charge in [0.2, 0.25) is 0 Å². The molecule has 1 aromatic carbocycles. The molecule has 1 fully saturated rings. The van der Waals surface area contributed by atoms with Crippen molar-refractivity contribution in [1.29, 1.82) is 0 Å². The van der Waals surface area contributed by atoms with Crippen LogP contribution in [0.2, 0.25) is 0 Å². The number of rotatable bonds is 2. The van der Waals surface area contributed by atoms with Gasteiger partial charge in [-0.05, 0) is 12.1 Å². The van der Waals surface area contributed by atoms with E-state index in [2.05, 4.69) is 35.1 Å². The van der Waals surface area contributed by atoms with Gasteiger partial charge in [0.1, 0.15) is 5.82 Å². The van der Waals surface area contributed by atoms with Gasteiger partial charge in [-0.15, -0.1) is 0 Å². The number of hydrogen-bond donors (Lipinski definition) is 2. The lowest BCUT2D eigenvalue weighted by molar-refractivity contribution is 0.167. The third kappa shape index (κ3) is 2.55. The van der Waals surface area contributed by atoms with Gasteiger partial charge in [-0.2, -0.15) is 0 Å². The number of anilines is 2. The Morgan fingerprint density at radius 2 is 2.24 bits per heavy atom. The lowest BCUT2D eigenvalue weighted by Gasteiger charge is -2.27. The van der Waals surface area contributed by atoms with Crippen molar-refractivity contribution < 1.29 is 9.13 Å². The molecule has 3 N–H and O–H groups in total. The summed E-state index contributed by atoms with van der Waals surface area (Å²) < 4.78 is 19.6. The molecular formula is C12H16BrFN2O. The summed E-state index contributed by atoms with van der Waals surface area (Å²) in [6.45, 7) is 5.53. The summed E-state index contributed by atoms with van der Waals surface area (Å²) in [5, 5.41) is 3.26. The van der Waals surface area contributed by atoms with Gasteiger partial charge >= 0.3 is 0 Å². The zero-order chi connectivity index (χ0) is 12.6. The summed E-state index contributed by atoms with van der Waals surface area (Å²) >= 11 is 3.26. The molecular weight excluding hydrogens is 287 g/mol. The quantitative estimate of drug-likeness (QED) is 0.826. The third-order valence-electron chi connectivity index (χ3n) is 3.13. The lowest BCUT2D eigenvalue weighted by Crippen LogP contribution is -2.34. The second-order valence-electron chi connectivity index (χ2n) is 5.05. The molecule has 0 radical (unpaired) electrons. The Labute approximate surface area is 109 Å². The van der Waals surface area contributed by atoms with Gasteiger partial charge < -0.3 is 15.8 Å². The van der Waals surface area contributed by atoms with E-state index in [0.717, 1.165) is 0 Å². The van der Waals surface area contributed by atoms with Gasteiger partial charge in [0.15, 0.2) is 0 Å². The predicted octanol–water partition coefficient (Wildman–Crippen LogP) is 3.01. The van der Waals surface area contributed by atoms with Crippen molar-refractivity contribution in [3.63, 3.8) is 0 Å². The van der Waals surface area contributed by atoms with E-state index in [-0.39, 0.29) is 17.1 Å². The minimum Gasteiger partial charge on any atom is -0.395 e. The van der Waals surface area contributed by atoms with Gasteiger partial charge in [-0.1, -0.05) is 29.8 Å². The molecule has 1 heterocycles. The van der Waals surface area contributed by atoms with Crippen LogP contribution in [0.3, 0.4) is 0 Å². The van der Waals surface area contributed by atoms with Crippen LogP contribution in [-0.2, 0) is 4.74 Å². The van der Waals surface area contributed by atoms with Crippen molar-refractivity contribution in [2.45, 2.75) is 19.9 Å². The molecule has 17 heavy (non-hydrogen) atoms. The molecule has 0 saturated carbocycles. The molecule has 0 spiro atoms. The number of hydrogen-bond acceptors (Lipinski definition) is 3. The Balaban J connectivity index is 2.24. The number of nitrogens with one attached hydrogen (secondary N) is 1. The molecule has 3 nitrogen and oxygen atoms in total. The Kier molecular flexibility index (Phi) is 3.32. The molecule has 0 amide bonds. The highest BCUT2D eigenvalue weighted by Gasteiger charge is 2.36. The van der Waals surface area contributed by atoms with Gasteiger partial charge in [-0.25, -0.2) is 4.39 Å². The second-order valence-corrected chi connectivity index (χ2v) is 5.97. The maximum Gasteiger partial charge on any atom is 0.149 e. The zero-order valence-corrected chi connectivity index (χ0v) is 11.5. The Hall–Kier alpha value is -0.810. The van der Waals surface area contributed by atoms with Gasteiger partial charge in [0.25, 0.3) is 0 Å². The Morgan fingerprint density at radius 1 is 1.53 bits per heavy atom. The number of nitrogens with two attached hydrogens (primary N) is 1. The van der Waals surface area contributed by atoms with Gasteiger partial charge in [-0.3, -0.25) is 0 Å². The fourth-order valence-corrected chi connectivity index (χ4v) is 2.32. The first kappa shape index (κ1) is 12.6. The zero-order valence-electron chi connectivity index (χ0n) is 9.89. The minimum absolute atomic E-state index is 0.0191. The molecule has 1 aliphatic heterocycles. The SMILES string of the molecule is CC1(C)COC[C@H]1Nc1cc(Br)cc(F)c1N. The molecule has 94 valence electrons. The standard InChI is InChI=1S/C12H16BrFN2O/c1-12(2)6-17-5-10(12)16-9-4-7(13)3-8(14)11(9)15/h3-4,10,16H,5-6,15H2,1-2H3/t10-/m1/s1. The molecule has 5 heteroatoms. The van der Waals surface area contributed by atoms with Crippen LogP contribution in [0.15, 0.2) is 16.6 Å². The number of halogens is 2. The first-order valence-electron chi connectivity index (χ1n) is 5.49. The maximum atomic E-state index is 13.5. The molecule has 2 rings (SSSR count). The fourth-order valence-electron chi connectivity index (χ4n) is 1.89. The lowest BCUT2D eigenvalue weighted by atomic mass is 9.88. The number of benzene rings is 1. The summed E-state index contributed by atoms with van der Waals surface area (Å²) in [5.74, 6) is -0.418. The van der Waals surface area contributed by atoms with E-state index in [1.807, 2.05) is 0 Å². The molecule has 1 saturated heterocycles. The van der Waals surface area contributed by atoms with Crippen LogP contribution in [0.5, 0.6) is 0 Å². The van der Waals surface area contributed by atoms with Crippen molar-refractivity contribution in [2.24, 2.45) is 5.41 Å². The van der Waals surface area contributed by atoms with Crippen LogP contribution < -0.4 is 11.1 Å². The monoisotopic (exact) mass is 302 g/mol. The summed E-state index contributed by atoms with van der Waals surface area (Å²) in [5.41, 5.74) is 6.50. The van der Waals surface area contributed by atoms with Gasteiger partial charge in [0.05, 0.1) is 30.6 Å². The van der Waals surface area contributed by atoms with E-state index >= 15 is 0 Å². The van der Waals surface area contributed by atoms with Crippen molar-refractivity contribution in [3.8, 4) is 0 Å². The Bertz CT molecular complexity index is 437. The molecule has 1 aromatic rings. The smallest absolute Gasteiger partial charge is 0.149 e. The van der Waals surface area contributed by atoms with Crippen LogP contribution >= 0.6 is 15.9 Å². The molecule has 0 unspecified atom stereocenters. The normalized spacial score (nSPS) is 22.7. The second kappa shape index (κ2) is 4.46. The van der Waals surface area contributed by atoms with Crippen LogP contribution in [0.4, 0.5) is 15.8 Å². The highest BCUT2D eigenvalue weighted by molar-refractivity contribution is 9.10. The Morgan fingerprint density at radius 3 is 2.82 bits per heavy atom. The van der Waals surface area contributed by atoms with Crippen LogP contribution in [0.1, 0.15) is 13.8 Å². The highest BCUT2D eigenvalue weighted by atomic mass is 79.9. The molecule has 0 bridgehead atoms. The predicted molar refractivity (Wildman–Crippen MR) is 70.5 cm³/mol. The van der Waals surface area contributed by atoms with Crippen molar-refractivity contribution >= 4 is 27.3 Å². The van der Waals surface area contributed by atoms with Gasteiger partial charge in [0, 0.05) is 9.89 Å². The average molecular weight is 303 g/mol. The van der Waals surface area contributed by atoms with E-state index in [9.17, 15) is 4.39 Å². The van der Waals surface area contributed by atoms with Crippen molar-refractivity contribution in [3.05, 3.63) is 22.4 Å². The van der Waals surface area contributed by atoms with E-state index in [1.165, 1.54) is 6.07 Å². The summed E-state index contributed by atoms with van der Waals surface area (Å²) in [6, 6.07) is 3.28. The number of ether oxygens (including phenoxy) is 1. The van der Waals surface area contributed by atoms with E-state index in [0.29, 0.717) is 23.4 Å². The molecule has 0 aromatic heterocycles. The first-order valence-corrected chi connectivity index (χ1v) is 6.28. The average Bonchev–Trinajstić information content (AvgIpc) is 2.54.